The van der Waals surface area contributed by atoms with E-state index in [0.717, 1.165) is 0 Å². The first-order valence-electron chi connectivity index (χ1n) is 8.89. The van der Waals surface area contributed by atoms with Crippen molar-refractivity contribution in [2.75, 3.05) is 0 Å². The largest absolute Gasteiger partial charge is 0.507 e. The van der Waals surface area contributed by atoms with Crippen molar-refractivity contribution in [2.45, 2.75) is 37.8 Å². The van der Waals surface area contributed by atoms with E-state index < -0.39 is 17.9 Å². The summed E-state index contributed by atoms with van der Waals surface area (Å²) >= 11 is 0. The van der Waals surface area contributed by atoms with Gasteiger partial charge in [0.05, 0.1) is 17.7 Å². The average Bonchev–Trinajstić information content (AvgIpc) is 3.44. The molecule has 8 nitrogen and oxygen atoms in total. The molecule has 2 aromatic carbocycles. The molecule has 144 valence electrons. The van der Waals surface area contributed by atoms with Crippen molar-refractivity contribution in [3.8, 4) is 11.5 Å². The zero-order chi connectivity index (χ0) is 19.6. The molecule has 2 aromatic rings. The molecule has 0 saturated carbocycles. The van der Waals surface area contributed by atoms with E-state index >= 15 is 0 Å². The number of hydrogen-bond donors (Lipinski definition) is 3. The first kappa shape index (κ1) is 17.3. The highest BCUT2D eigenvalue weighted by atomic mass is 16.8. The van der Waals surface area contributed by atoms with Crippen LogP contribution in [0.2, 0.25) is 0 Å². The number of nitrogens with two attached hydrogens (primary N) is 1. The van der Waals surface area contributed by atoms with Crippen LogP contribution in [0.25, 0.3) is 0 Å². The number of aromatic hydroxyl groups is 2. The van der Waals surface area contributed by atoms with E-state index in [0.29, 0.717) is 12.0 Å². The standard InChI is InChI=1S/C20H17NO7/c21-11-6-14(27-20-19(11)28-20)26-7-8-4-10-16(13(23)5-8)18(25)15-9(17(10)24)2-1-3-12(15)22/h1-5,11,14,19-20,22-23H,6-7,21H2/t11-,14?,19?,20?/m1/s1. The maximum Gasteiger partial charge on any atom is 0.201 e. The zero-order valence-electron chi connectivity index (χ0n) is 14.6. The molecule has 3 aliphatic rings. The minimum absolute atomic E-state index is 0.0595. The van der Waals surface area contributed by atoms with E-state index in [-0.39, 0.29) is 58.8 Å². The highest BCUT2D eigenvalue weighted by Crippen LogP contribution is 2.38. The van der Waals surface area contributed by atoms with Crippen LogP contribution in [0.5, 0.6) is 11.5 Å². The van der Waals surface area contributed by atoms with Crippen molar-refractivity contribution in [1.29, 1.82) is 0 Å². The van der Waals surface area contributed by atoms with Gasteiger partial charge in [-0.15, -0.1) is 0 Å². The summed E-state index contributed by atoms with van der Waals surface area (Å²) in [6.45, 7) is 0.0595. The van der Waals surface area contributed by atoms with Gasteiger partial charge in [-0.05, 0) is 23.8 Å². The summed E-state index contributed by atoms with van der Waals surface area (Å²) in [5.74, 6) is -1.66. The Hall–Kier alpha value is -2.78. The van der Waals surface area contributed by atoms with Crippen LogP contribution in [0.4, 0.5) is 0 Å². The van der Waals surface area contributed by atoms with Crippen molar-refractivity contribution >= 4 is 11.6 Å². The van der Waals surface area contributed by atoms with Crippen LogP contribution in [0, 0.1) is 0 Å². The van der Waals surface area contributed by atoms with Crippen LogP contribution in [-0.2, 0) is 20.8 Å². The van der Waals surface area contributed by atoms with E-state index in [1.165, 1.54) is 30.3 Å². The molecule has 2 fully saturated rings. The summed E-state index contributed by atoms with van der Waals surface area (Å²) in [5.41, 5.74) is 6.44. The number of carbonyl (C=O) groups excluding carboxylic acids is 2. The third kappa shape index (κ3) is 2.61. The molecule has 4 atom stereocenters. The van der Waals surface area contributed by atoms with E-state index in [4.69, 9.17) is 19.9 Å². The molecular weight excluding hydrogens is 366 g/mol. The predicted octanol–water partition coefficient (Wildman–Crippen LogP) is 1.19. The lowest BCUT2D eigenvalue weighted by Gasteiger charge is -2.24. The Bertz CT molecular complexity index is 1020. The van der Waals surface area contributed by atoms with Crippen LogP contribution in [0.15, 0.2) is 30.3 Å². The Labute approximate surface area is 159 Å². The lowest BCUT2D eigenvalue weighted by atomic mass is 9.82. The number of hydrogen-bond acceptors (Lipinski definition) is 8. The summed E-state index contributed by atoms with van der Waals surface area (Å²) in [5, 5.41) is 20.4. The molecule has 0 amide bonds. The van der Waals surface area contributed by atoms with Gasteiger partial charge in [0, 0.05) is 23.6 Å². The summed E-state index contributed by atoms with van der Waals surface area (Å²) in [7, 11) is 0. The van der Waals surface area contributed by atoms with Crippen molar-refractivity contribution in [3.63, 3.8) is 0 Å². The van der Waals surface area contributed by atoms with Gasteiger partial charge in [-0.1, -0.05) is 12.1 Å². The van der Waals surface area contributed by atoms with Crippen LogP contribution >= 0.6 is 0 Å². The monoisotopic (exact) mass is 383 g/mol. The number of ether oxygens (including phenoxy) is 3. The first-order chi connectivity index (χ1) is 13.4. The van der Waals surface area contributed by atoms with Gasteiger partial charge in [-0.25, -0.2) is 0 Å². The number of fused-ring (bicyclic) bond motifs is 3. The smallest absolute Gasteiger partial charge is 0.201 e. The third-order valence-electron chi connectivity index (χ3n) is 5.25. The predicted molar refractivity (Wildman–Crippen MR) is 94.0 cm³/mol. The molecule has 2 heterocycles. The molecule has 0 bridgehead atoms. The Morgan fingerprint density at radius 2 is 1.82 bits per heavy atom. The van der Waals surface area contributed by atoms with E-state index in [1.54, 1.807) is 0 Å². The maximum absolute atomic E-state index is 12.8. The van der Waals surface area contributed by atoms with Gasteiger partial charge in [0.15, 0.2) is 18.4 Å². The molecule has 0 radical (unpaired) electrons. The van der Waals surface area contributed by atoms with Crippen molar-refractivity contribution < 1.29 is 34.0 Å². The minimum Gasteiger partial charge on any atom is -0.507 e. The second-order valence-electron chi connectivity index (χ2n) is 7.14. The minimum atomic E-state index is -0.592. The van der Waals surface area contributed by atoms with Gasteiger partial charge in [-0.2, -0.15) is 0 Å². The van der Waals surface area contributed by atoms with E-state index in [2.05, 4.69) is 0 Å². The molecule has 0 spiro atoms. The average molecular weight is 383 g/mol. The molecule has 0 aromatic heterocycles. The fraction of sp³-hybridized carbons (Fsp3) is 0.300. The fourth-order valence-corrected chi connectivity index (χ4v) is 3.80. The number of benzene rings is 2. The van der Waals surface area contributed by atoms with Gasteiger partial charge < -0.3 is 30.2 Å². The van der Waals surface area contributed by atoms with Crippen LogP contribution in [0.3, 0.4) is 0 Å². The number of phenols is 2. The van der Waals surface area contributed by atoms with Gasteiger partial charge in [0.25, 0.3) is 0 Å². The Balaban J connectivity index is 1.42. The summed E-state index contributed by atoms with van der Waals surface area (Å²) in [4.78, 5) is 25.6. The summed E-state index contributed by atoms with van der Waals surface area (Å²) in [6.07, 6.45) is -0.490. The molecule has 8 heteroatoms. The number of epoxide rings is 1. The molecule has 2 aliphatic heterocycles. The molecule has 1 aliphatic carbocycles. The van der Waals surface area contributed by atoms with Crippen molar-refractivity contribution in [2.24, 2.45) is 5.73 Å². The molecular formula is C20H17NO7. The van der Waals surface area contributed by atoms with Gasteiger partial charge >= 0.3 is 0 Å². The number of phenolic OH excluding ortho intramolecular Hbond substituents is 2. The molecule has 4 N–H and O–H groups in total. The van der Waals surface area contributed by atoms with E-state index in [9.17, 15) is 19.8 Å². The summed E-state index contributed by atoms with van der Waals surface area (Å²) in [6, 6.07) is 7.02. The Morgan fingerprint density at radius 1 is 1.04 bits per heavy atom. The van der Waals surface area contributed by atoms with Crippen LogP contribution < -0.4 is 5.73 Å². The Morgan fingerprint density at radius 3 is 2.61 bits per heavy atom. The van der Waals surface area contributed by atoms with Crippen LogP contribution in [0.1, 0.15) is 43.8 Å². The molecule has 3 unspecified atom stereocenters. The summed E-state index contributed by atoms with van der Waals surface area (Å²) < 4.78 is 16.5. The second kappa shape index (κ2) is 6.11. The lowest BCUT2D eigenvalue weighted by molar-refractivity contribution is -0.185. The lowest BCUT2D eigenvalue weighted by Crippen LogP contribution is -2.39. The normalized spacial score (nSPS) is 27.8. The van der Waals surface area contributed by atoms with E-state index in [1.807, 2.05) is 0 Å². The fourth-order valence-electron chi connectivity index (χ4n) is 3.80. The number of rotatable bonds is 3. The third-order valence-corrected chi connectivity index (χ3v) is 5.25. The van der Waals surface area contributed by atoms with Crippen molar-refractivity contribution in [3.05, 3.63) is 58.1 Å². The highest BCUT2D eigenvalue weighted by molar-refractivity contribution is 6.30. The SMILES string of the molecule is N[C@@H]1CC(OCc2cc(O)c3c(c2)C(=O)c2cccc(O)c2C3=O)OC2OC21. The van der Waals surface area contributed by atoms with Crippen molar-refractivity contribution in [1.82, 2.24) is 0 Å². The molecule has 28 heavy (non-hydrogen) atoms. The second-order valence-corrected chi connectivity index (χ2v) is 7.14. The highest BCUT2D eigenvalue weighted by Gasteiger charge is 2.51. The number of ketones is 2. The quantitative estimate of drug-likeness (QED) is 0.575. The Kier molecular flexibility index (Phi) is 3.78. The topological polar surface area (TPSA) is 132 Å². The molecule has 5 rings (SSSR count). The van der Waals surface area contributed by atoms with Crippen LogP contribution in [-0.4, -0.2) is 46.5 Å². The van der Waals surface area contributed by atoms with Gasteiger partial charge in [0.2, 0.25) is 5.78 Å². The van der Waals surface area contributed by atoms with Gasteiger partial charge in [0.1, 0.15) is 17.6 Å². The molecule has 2 saturated heterocycles. The zero-order valence-corrected chi connectivity index (χ0v) is 14.6. The number of carbonyl (C=O) groups is 2. The van der Waals surface area contributed by atoms with Gasteiger partial charge in [-0.3, -0.25) is 9.59 Å². The maximum atomic E-state index is 12.8. The first-order valence-corrected chi connectivity index (χ1v) is 8.89.